The van der Waals surface area contributed by atoms with Gasteiger partial charge in [-0.2, -0.15) is 0 Å². The molecule has 1 aliphatic heterocycles. The van der Waals surface area contributed by atoms with Crippen LogP contribution in [0.5, 0.6) is 5.75 Å². The van der Waals surface area contributed by atoms with E-state index in [0.717, 1.165) is 39.3 Å². The molecule has 0 saturated carbocycles. The first-order valence-corrected chi connectivity index (χ1v) is 15.2. The van der Waals surface area contributed by atoms with Crippen molar-refractivity contribution in [3.63, 3.8) is 0 Å². The lowest BCUT2D eigenvalue weighted by Gasteiger charge is -2.26. The topological polar surface area (TPSA) is 100 Å². The van der Waals surface area contributed by atoms with Gasteiger partial charge in [0.25, 0.3) is 0 Å². The van der Waals surface area contributed by atoms with E-state index in [4.69, 9.17) is 28.3 Å². The zero-order valence-electron chi connectivity index (χ0n) is 25.7. The molecule has 0 saturated heterocycles. The minimum absolute atomic E-state index is 0.0429. The predicted octanol–water partition coefficient (Wildman–Crippen LogP) is 7.76. The van der Waals surface area contributed by atoms with E-state index in [1.807, 2.05) is 91.9 Å². The fourth-order valence-electron chi connectivity index (χ4n) is 5.22. The first kappa shape index (κ1) is 30.5. The summed E-state index contributed by atoms with van der Waals surface area (Å²) >= 11 is 0. The summed E-state index contributed by atoms with van der Waals surface area (Å²) in [6, 6.07) is 35.4. The number of aliphatic carboxylic acids is 1. The molecule has 2 unspecified atom stereocenters. The molecule has 0 spiro atoms. The fraction of sp³-hybridized carbons (Fsp3) is 0.211. The molecule has 0 bridgehead atoms. The summed E-state index contributed by atoms with van der Waals surface area (Å²) in [5.41, 5.74) is 4.29. The van der Waals surface area contributed by atoms with Crippen LogP contribution in [0.3, 0.4) is 0 Å². The number of rotatable bonds is 13. The number of carboxylic acid groups (broad SMARTS) is 1. The van der Waals surface area contributed by atoms with Crippen molar-refractivity contribution in [2.45, 2.75) is 45.0 Å². The number of carboxylic acids is 1. The molecule has 8 nitrogen and oxygen atoms in total. The summed E-state index contributed by atoms with van der Waals surface area (Å²) in [7, 11) is 0. The van der Waals surface area contributed by atoms with Gasteiger partial charge < -0.3 is 28.5 Å². The second-order valence-electron chi connectivity index (χ2n) is 11.3. The Balaban J connectivity index is 1.00. The van der Waals surface area contributed by atoms with Crippen LogP contribution in [-0.2, 0) is 38.3 Å². The van der Waals surface area contributed by atoms with Crippen molar-refractivity contribution in [1.29, 1.82) is 0 Å². The number of aromatic nitrogens is 1. The molecular formula is C38H35NO7. The molecular weight excluding hydrogens is 582 g/mol. The molecule has 5 aromatic rings. The third-order valence-electron chi connectivity index (χ3n) is 7.79. The summed E-state index contributed by atoms with van der Waals surface area (Å²) in [6.45, 7) is 3.83. The average molecular weight is 618 g/mol. The van der Waals surface area contributed by atoms with Gasteiger partial charge in [-0.15, -0.1) is 0 Å². The third kappa shape index (κ3) is 7.41. The van der Waals surface area contributed by atoms with E-state index in [2.05, 4.69) is 24.3 Å². The molecule has 1 aromatic heterocycles. The summed E-state index contributed by atoms with van der Waals surface area (Å²) in [5, 5.41) is 10.0. The van der Waals surface area contributed by atoms with Gasteiger partial charge in [0, 0.05) is 24.8 Å². The second-order valence-corrected chi connectivity index (χ2v) is 11.3. The van der Waals surface area contributed by atoms with Crippen LogP contribution in [-0.4, -0.2) is 34.6 Å². The lowest BCUT2D eigenvalue weighted by Crippen LogP contribution is -2.40. The maximum absolute atomic E-state index is 12.2. The molecule has 8 heteroatoms. The van der Waals surface area contributed by atoms with Crippen LogP contribution >= 0.6 is 0 Å². The van der Waals surface area contributed by atoms with E-state index in [0.29, 0.717) is 31.1 Å². The molecule has 1 aliphatic rings. The molecule has 4 aromatic carbocycles. The second kappa shape index (κ2) is 13.6. The fourth-order valence-corrected chi connectivity index (χ4v) is 5.22. The Labute approximate surface area is 267 Å². The Morgan fingerprint density at radius 3 is 2.20 bits per heavy atom. The summed E-state index contributed by atoms with van der Waals surface area (Å²) < 4.78 is 29.0. The van der Waals surface area contributed by atoms with E-state index in [1.54, 1.807) is 0 Å². The number of carbonyl (C=O) groups is 1. The summed E-state index contributed by atoms with van der Waals surface area (Å²) in [5.74, 6) is 0.933. The number of oxazole rings is 1. The Bertz CT molecular complexity index is 1780. The highest BCUT2D eigenvalue weighted by molar-refractivity contribution is 5.77. The molecule has 234 valence electrons. The Hall–Kier alpha value is -5.50. The molecule has 46 heavy (non-hydrogen) atoms. The maximum atomic E-state index is 12.2. The molecule has 0 radical (unpaired) electrons. The van der Waals surface area contributed by atoms with E-state index in [1.165, 1.54) is 13.2 Å². The van der Waals surface area contributed by atoms with Crippen LogP contribution < -0.4 is 4.74 Å². The van der Waals surface area contributed by atoms with Gasteiger partial charge in [0.05, 0.1) is 12.3 Å². The van der Waals surface area contributed by atoms with E-state index in [9.17, 15) is 9.90 Å². The first-order valence-electron chi connectivity index (χ1n) is 15.2. The third-order valence-corrected chi connectivity index (χ3v) is 7.79. The minimum atomic E-state index is -1.57. The van der Waals surface area contributed by atoms with Gasteiger partial charge in [-0.1, -0.05) is 84.9 Å². The van der Waals surface area contributed by atoms with Gasteiger partial charge in [-0.25, -0.2) is 9.78 Å². The highest BCUT2D eigenvalue weighted by Gasteiger charge is 2.39. The average Bonchev–Trinajstić information content (AvgIpc) is 3.67. The van der Waals surface area contributed by atoms with E-state index in [-0.39, 0.29) is 12.4 Å². The Kier molecular flexibility index (Phi) is 9.06. The minimum Gasteiger partial charge on any atom is -0.493 e. The Morgan fingerprint density at radius 2 is 1.50 bits per heavy atom. The number of benzene rings is 4. The molecule has 0 fully saturated rings. The zero-order valence-corrected chi connectivity index (χ0v) is 25.7. The van der Waals surface area contributed by atoms with Crippen LogP contribution in [0.1, 0.15) is 29.5 Å². The van der Waals surface area contributed by atoms with Crippen molar-refractivity contribution in [2.24, 2.45) is 0 Å². The molecule has 6 rings (SSSR count). The van der Waals surface area contributed by atoms with Gasteiger partial charge in [0.15, 0.2) is 6.26 Å². The number of ether oxygens (including phenoxy) is 4. The lowest BCUT2D eigenvalue weighted by atomic mass is 9.96. The number of hydrogen-bond acceptors (Lipinski definition) is 7. The van der Waals surface area contributed by atoms with Crippen molar-refractivity contribution in [1.82, 2.24) is 4.98 Å². The summed E-state index contributed by atoms with van der Waals surface area (Å²) in [6.07, 6.45) is 1.95. The van der Waals surface area contributed by atoms with Gasteiger partial charge in [0.1, 0.15) is 11.5 Å². The maximum Gasteiger partial charge on any atom is 0.348 e. The Morgan fingerprint density at radius 1 is 0.848 bits per heavy atom. The number of aryl methyl sites for hydroxylation is 1. The van der Waals surface area contributed by atoms with Crippen LogP contribution in [0.25, 0.3) is 22.6 Å². The van der Waals surface area contributed by atoms with Crippen molar-refractivity contribution in [2.75, 3.05) is 6.61 Å². The SMILES string of the molecule is Cc1oc(-c2ccc(-c3ccccc3)cc2)nc1CCOc1ccc(CC(C)(OC2=COC(Cc3ccccc3)O2)C(=O)O)cc1. The van der Waals surface area contributed by atoms with Crippen LogP contribution in [0.4, 0.5) is 0 Å². The monoisotopic (exact) mass is 617 g/mol. The first-order chi connectivity index (χ1) is 22.3. The van der Waals surface area contributed by atoms with Crippen molar-refractivity contribution >= 4 is 5.97 Å². The lowest BCUT2D eigenvalue weighted by molar-refractivity contribution is -0.168. The highest BCUT2D eigenvalue weighted by Crippen LogP contribution is 2.29. The van der Waals surface area contributed by atoms with Crippen LogP contribution in [0.15, 0.2) is 126 Å². The number of hydrogen-bond donors (Lipinski definition) is 1. The number of nitrogens with zero attached hydrogens (tertiary/aromatic N) is 1. The molecule has 0 amide bonds. The van der Waals surface area contributed by atoms with Crippen molar-refractivity contribution in [3.8, 4) is 28.3 Å². The van der Waals surface area contributed by atoms with Gasteiger partial charge >= 0.3 is 11.9 Å². The van der Waals surface area contributed by atoms with E-state index >= 15 is 0 Å². The standard InChI is InChI=1S/C38H35NO7/c1-26-33(39-36(44-26)31-17-15-30(16-18-31)29-11-7-4-8-12-29)21-22-42-32-19-13-28(14-20-32)24-38(2,37(40)41)46-35-25-43-34(45-35)23-27-9-5-3-6-10-27/h3-20,25,34H,21-24H2,1-2H3,(H,40,41). The quantitative estimate of drug-likeness (QED) is 0.143. The van der Waals surface area contributed by atoms with Gasteiger partial charge in [-0.05, 0) is 60.4 Å². The smallest absolute Gasteiger partial charge is 0.348 e. The van der Waals surface area contributed by atoms with E-state index < -0.39 is 17.9 Å². The highest BCUT2D eigenvalue weighted by atomic mass is 16.8. The largest absolute Gasteiger partial charge is 0.493 e. The molecule has 2 heterocycles. The van der Waals surface area contributed by atoms with Gasteiger partial charge in [-0.3, -0.25) is 0 Å². The normalized spacial score (nSPS) is 15.3. The van der Waals surface area contributed by atoms with Gasteiger partial charge in [0.2, 0.25) is 17.8 Å². The molecule has 0 aliphatic carbocycles. The molecule has 1 N–H and O–H groups in total. The zero-order chi connectivity index (χ0) is 31.9. The van der Waals surface area contributed by atoms with Crippen molar-refractivity contribution in [3.05, 3.63) is 144 Å². The van der Waals surface area contributed by atoms with Crippen LogP contribution in [0, 0.1) is 6.92 Å². The van der Waals surface area contributed by atoms with Crippen LogP contribution in [0.2, 0.25) is 0 Å². The van der Waals surface area contributed by atoms with Crippen molar-refractivity contribution < 1.29 is 33.3 Å². The predicted molar refractivity (Wildman–Crippen MR) is 173 cm³/mol. The molecule has 2 atom stereocenters. The summed E-state index contributed by atoms with van der Waals surface area (Å²) in [4.78, 5) is 16.9.